The Morgan fingerprint density at radius 1 is 0.852 bits per heavy atom. The second-order valence-electron chi connectivity index (χ2n) is 6.74. The molecule has 0 atom stereocenters. The highest BCUT2D eigenvalue weighted by atomic mass is 16.5. The van der Waals surface area contributed by atoms with E-state index in [1.165, 1.54) is 11.1 Å². The van der Waals surface area contributed by atoms with Crippen LogP contribution in [0.15, 0.2) is 72.8 Å². The highest BCUT2D eigenvalue weighted by Crippen LogP contribution is 2.34. The molecule has 0 aliphatic rings. The molecule has 4 rings (SSSR count). The smallest absolute Gasteiger partial charge is 0.119 e. The SMILES string of the molecule is COc1ccc(Nc2cc(C)nc3c(-c4ccccc4)cc(C)cc23)cc1. The largest absolute Gasteiger partial charge is 0.497 e. The number of ether oxygens (including phenoxy) is 1. The molecule has 0 spiro atoms. The third-order valence-corrected chi connectivity index (χ3v) is 4.64. The molecule has 0 aliphatic carbocycles. The summed E-state index contributed by atoms with van der Waals surface area (Å²) in [5, 5.41) is 4.67. The van der Waals surface area contributed by atoms with Crippen molar-refractivity contribution >= 4 is 22.3 Å². The van der Waals surface area contributed by atoms with Gasteiger partial charge in [-0.2, -0.15) is 0 Å². The van der Waals surface area contributed by atoms with Gasteiger partial charge in [0.1, 0.15) is 5.75 Å². The number of benzene rings is 3. The van der Waals surface area contributed by atoms with Crippen molar-refractivity contribution < 1.29 is 4.74 Å². The zero-order chi connectivity index (χ0) is 18.8. The number of hydrogen-bond acceptors (Lipinski definition) is 3. The zero-order valence-corrected chi connectivity index (χ0v) is 15.8. The first-order valence-electron chi connectivity index (χ1n) is 9.02. The predicted molar refractivity (Wildman–Crippen MR) is 113 cm³/mol. The molecule has 3 aromatic carbocycles. The number of hydrogen-bond donors (Lipinski definition) is 1. The molecule has 0 aliphatic heterocycles. The minimum Gasteiger partial charge on any atom is -0.497 e. The number of methoxy groups -OCH3 is 1. The van der Waals surface area contributed by atoms with Crippen molar-refractivity contribution in [1.82, 2.24) is 4.98 Å². The topological polar surface area (TPSA) is 34.1 Å². The number of aromatic nitrogens is 1. The minimum absolute atomic E-state index is 0.846. The summed E-state index contributed by atoms with van der Waals surface area (Å²) in [4.78, 5) is 4.86. The van der Waals surface area contributed by atoms with Gasteiger partial charge in [0.15, 0.2) is 0 Å². The lowest BCUT2D eigenvalue weighted by molar-refractivity contribution is 0.415. The van der Waals surface area contributed by atoms with Gasteiger partial charge in [-0.3, -0.25) is 4.98 Å². The summed E-state index contributed by atoms with van der Waals surface area (Å²) >= 11 is 0. The van der Waals surface area contributed by atoms with Gasteiger partial charge in [-0.25, -0.2) is 0 Å². The first-order chi connectivity index (χ1) is 13.1. The van der Waals surface area contributed by atoms with Crippen LogP contribution in [0.3, 0.4) is 0 Å². The summed E-state index contributed by atoms with van der Waals surface area (Å²) in [5.41, 5.74) is 7.63. The molecule has 0 unspecified atom stereocenters. The Balaban J connectivity index is 1.87. The number of rotatable bonds is 4. The Labute approximate surface area is 159 Å². The molecule has 0 saturated carbocycles. The van der Waals surface area contributed by atoms with Crippen LogP contribution in [0, 0.1) is 13.8 Å². The van der Waals surface area contributed by atoms with Gasteiger partial charge in [-0.15, -0.1) is 0 Å². The Morgan fingerprint density at radius 2 is 1.59 bits per heavy atom. The normalized spacial score (nSPS) is 10.8. The molecule has 0 saturated heterocycles. The standard InChI is InChI=1S/C24H22N2O/c1-16-13-21(18-7-5-4-6-8-18)24-22(14-16)23(15-17(2)25-24)26-19-9-11-20(27-3)12-10-19/h4-15H,1-3H3,(H,25,26). The summed E-state index contributed by atoms with van der Waals surface area (Å²) in [7, 11) is 1.68. The van der Waals surface area contributed by atoms with E-state index in [9.17, 15) is 0 Å². The summed E-state index contributed by atoms with van der Waals surface area (Å²) in [6.45, 7) is 4.16. The molecule has 0 bridgehead atoms. The van der Waals surface area contributed by atoms with Gasteiger partial charge in [-0.05, 0) is 67.4 Å². The number of pyridine rings is 1. The van der Waals surface area contributed by atoms with Crippen molar-refractivity contribution in [3.8, 4) is 16.9 Å². The summed E-state index contributed by atoms with van der Waals surface area (Å²) in [6, 6.07) is 24.9. The van der Waals surface area contributed by atoms with Gasteiger partial charge in [0.25, 0.3) is 0 Å². The Kier molecular flexibility index (Phi) is 4.51. The average Bonchev–Trinajstić information content (AvgIpc) is 2.69. The third-order valence-electron chi connectivity index (χ3n) is 4.64. The number of nitrogens with one attached hydrogen (secondary N) is 1. The third kappa shape index (κ3) is 3.49. The molecule has 27 heavy (non-hydrogen) atoms. The van der Waals surface area contributed by atoms with E-state index in [1.807, 2.05) is 37.3 Å². The molecular weight excluding hydrogens is 332 g/mol. The number of nitrogens with zero attached hydrogens (tertiary/aromatic N) is 1. The van der Waals surface area contributed by atoms with Crippen LogP contribution < -0.4 is 10.1 Å². The minimum atomic E-state index is 0.846. The quantitative estimate of drug-likeness (QED) is 0.469. The zero-order valence-electron chi connectivity index (χ0n) is 15.8. The van der Waals surface area contributed by atoms with Crippen molar-refractivity contribution in [2.24, 2.45) is 0 Å². The maximum atomic E-state index is 5.25. The van der Waals surface area contributed by atoms with E-state index in [2.05, 4.69) is 54.7 Å². The fourth-order valence-electron chi connectivity index (χ4n) is 3.37. The maximum Gasteiger partial charge on any atom is 0.119 e. The highest BCUT2D eigenvalue weighted by molar-refractivity contribution is 6.02. The lowest BCUT2D eigenvalue weighted by atomic mass is 9.98. The van der Waals surface area contributed by atoms with Crippen LogP contribution in [0.5, 0.6) is 5.75 Å². The van der Waals surface area contributed by atoms with Crippen LogP contribution >= 0.6 is 0 Å². The first-order valence-corrected chi connectivity index (χ1v) is 9.02. The number of anilines is 2. The van der Waals surface area contributed by atoms with E-state index in [4.69, 9.17) is 9.72 Å². The fraction of sp³-hybridized carbons (Fsp3) is 0.125. The van der Waals surface area contributed by atoms with Crippen molar-refractivity contribution in [3.63, 3.8) is 0 Å². The Morgan fingerprint density at radius 3 is 2.30 bits per heavy atom. The van der Waals surface area contributed by atoms with Crippen molar-refractivity contribution in [2.75, 3.05) is 12.4 Å². The Bertz CT molecular complexity index is 1090. The first kappa shape index (κ1) is 17.1. The predicted octanol–water partition coefficient (Wildman–Crippen LogP) is 6.27. The molecule has 3 heteroatoms. The lowest BCUT2D eigenvalue weighted by Gasteiger charge is -2.15. The van der Waals surface area contributed by atoms with Gasteiger partial charge in [0.2, 0.25) is 0 Å². The maximum absolute atomic E-state index is 5.25. The van der Waals surface area contributed by atoms with E-state index in [0.29, 0.717) is 0 Å². The second-order valence-corrected chi connectivity index (χ2v) is 6.74. The van der Waals surface area contributed by atoms with Gasteiger partial charge in [0.05, 0.1) is 12.6 Å². The molecule has 4 aromatic rings. The summed E-state index contributed by atoms with van der Waals surface area (Å²) in [6.07, 6.45) is 0. The molecule has 1 N–H and O–H groups in total. The van der Waals surface area contributed by atoms with E-state index < -0.39 is 0 Å². The summed E-state index contributed by atoms with van der Waals surface area (Å²) < 4.78 is 5.25. The second kappa shape index (κ2) is 7.12. The number of aryl methyl sites for hydroxylation is 2. The van der Waals surface area contributed by atoms with E-state index in [0.717, 1.165) is 39.3 Å². The van der Waals surface area contributed by atoms with Crippen molar-refractivity contribution in [1.29, 1.82) is 0 Å². The van der Waals surface area contributed by atoms with Gasteiger partial charge in [0, 0.05) is 28.0 Å². The highest BCUT2D eigenvalue weighted by Gasteiger charge is 2.11. The monoisotopic (exact) mass is 354 g/mol. The average molecular weight is 354 g/mol. The van der Waals surface area contributed by atoms with E-state index >= 15 is 0 Å². The molecule has 1 heterocycles. The van der Waals surface area contributed by atoms with Crippen molar-refractivity contribution in [3.05, 3.63) is 84.1 Å². The van der Waals surface area contributed by atoms with Gasteiger partial charge in [-0.1, -0.05) is 30.3 Å². The molecule has 0 radical (unpaired) electrons. The van der Waals surface area contributed by atoms with Crippen LogP contribution in [-0.4, -0.2) is 12.1 Å². The van der Waals surface area contributed by atoms with E-state index in [-0.39, 0.29) is 0 Å². The van der Waals surface area contributed by atoms with Gasteiger partial charge < -0.3 is 10.1 Å². The van der Waals surface area contributed by atoms with Crippen molar-refractivity contribution in [2.45, 2.75) is 13.8 Å². The lowest BCUT2D eigenvalue weighted by Crippen LogP contribution is -1.97. The Hall–Kier alpha value is -3.33. The van der Waals surface area contributed by atoms with Crippen LogP contribution in [0.4, 0.5) is 11.4 Å². The van der Waals surface area contributed by atoms with Gasteiger partial charge >= 0.3 is 0 Å². The fourth-order valence-corrected chi connectivity index (χ4v) is 3.37. The van der Waals surface area contributed by atoms with Crippen LogP contribution in [0.1, 0.15) is 11.3 Å². The number of fused-ring (bicyclic) bond motifs is 1. The summed E-state index contributed by atoms with van der Waals surface area (Å²) in [5.74, 6) is 0.846. The van der Waals surface area contributed by atoms with Crippen LogP contribution in [-0.2, 0) is 0 Å². The molecule has 3 nitrogen and oxygen atoms in total. The molecule has 0 fully saturated rings. The van der Waals surface area contributed by atoms with Crippen LogP contribution in [0.2, 0.25) is 0 Å². The molecular formula is C24H22N2O. The molecule has 1 aromatic heterocycles. The molecule has 0 amide bonds. The van der Waals surface area contributed by atoms with Crippen LogP contribution in [0.25, 0.3) is 22.0 Å². The van der Waals surface area contributed by atoms with E-state index in [1.54, 1.807) is 7.11 Å². The molecule has 134 valence electrons.